The Balaban J connectivity index is 1.73. The number of ether oxygens (including phenoxy) is 1. The van der Waals surface area contributed by atoms with Gasteiger partial charge in [0.05, 0.1) is 12.8 Å². The maximum absolute atomic E-state index is 9.34. The van der Waals surface area contributed by atoms with Crippen molar-refractivity contribution in [1.29, 1.82) is 0 Å². The third-order valence-corrected chi connectivity index (χ3v) is 4.05. The molecule has 1 N–H and O–H groups in total. The number of benzene rings is 2. The molecule has 1 heterocycles. The molecule has 0 aliphatic carbocycles. The largest absolute Gasteiger partial charge is 0.508 e. The second kappa shape index (κ2) is 6.48. The summed E-state index contributed by atoms with van der Waals surface area (Å²) in [6.07, 6.45) is 0. The van der Waals surface area contributed by atoms with E-state index in [2.05, 4.69) is 15.5 Å². The van der Waals surface area contributed by atoms with Crippen LogP contribution >= 0.6 is 11.8 Å². The minimum Gasteiger partial charge on any atom is -0.508 e. The first kappa shape index (κ1) is 14.4. The molecule has 3 aromatic rings. The van der Waals surface area contributed by atoms with Crippen molar-refractivity contribution in [2.45, 2.75) is 10.9 Å². The van der Waals surface area contributed by atoms with Crippen LogP contribution in [0.15, 0.2) is 53.7 Å². The average molecular weight is 314 g/mol. The quantitative estimate of drug-likeness (QED) is 0.730. The Hall–Kier alpha value is -2.54. The van der Waals surface area contributed by atoms with Crippen LogP contribution in [-0.2, 0) is 5.75 Å². The van der Waals surface area contributed by atoms with Gasteiger partial charge in [0.1, 0.15) is 11.5 Å². The first-order valence-electron chi connectivity index (χ1n) is 6.60. The molecule has 0 aliphatic heterocycles. The summed E-state index contributed by atoms with van der Waals surface area (Å²) >= 11 is 1.54. The third kappa shape index (κ3) is 3.20. The van der Waals surface area contributed by atoms with Crippen molar-refractivity contribution < 1.29 is 9.84 Å². The second-order valence-corrected chi connectivity index (χ2v) is 5.47. The topological polar surface area (TPSA) is 73.1 Å². The number of rotatable bonds is 5. The van der Waals surface area contributed by atoms with Gasteiger partial charge in [-0.2, -0.15) is 4.68 Å². The van der Waals surface area contributed by atoms with Gasteiger partial charge in [-0.25, -0.2) is 0 Å². The van der Waals surface area contributed by atoms with Crippen LogP contribution in [0.2, 0.25) is 0 Å². The molecule has 0 unspecified atom stereocenters. The van der Waals surface area contributed by atoms with Crippen LogP contribution in [-0.4, -0.2) is 32.4 Å². The van der Waals surface area contributed by atoms with Gasteiger partial charge in [0, 0.05) is 5.75 Å². The number of aromatic nitrogens is 4. The number of methoxy groups -OCH3 is 1. The van der Waals surface area contributed by atoms with E-state index in [1.807, 2.05) is 24.3 Å². The third-order valence-electron chi connectivity index (χ3n) is 3.06. The van der Waals surface area contributed by atoms with Crippen LogP contribution in [0.4, 0.5) is 0 Å². The van der Waals surface area contributed by atoms with E-state index in [0.29, 0.717) is 5.16 Å². The summed E-state index contributed by atoms with van der Waals surface area (Å²) in [4.78, 5) is 0. The summed E-state index contributed by atoms with van der Waals surface area (Å²) in [6.45, 7) is 0. The summed E-state index contributed by atoms with van der Waals surface area (Å²) in [7, 11) is 1.65. The summed E-state index contributed by atoms with van der Waals surface area (Å²) in [5.74, 6) is 1.80. The zero-order valence-corrected chi connectivity index (χ0v) is 12.7. The van der Waals surface area contributed by atoms with Crippen LogP contribution < -0.4 is 4.74 Å². The predicted molar refractivity (Wildman–Crippen MR) is 83.4 cm³/mol. The maximum Gasteiger partial charge on any atom is 0.214 e. The molecule has 22 heavy (non-hydrogen) atoms. The number of phenols is 1. The van der Waals surface area contributed by atoms with E-state index in [1.165, 1.54) is 0 Å². The van der Waals surface area contributed by atoms with Crippen LogP contribution in [0, 0.1) is 0 Å². The van der Waals surface area contributed by atoms with Gasteiger partial charge >= 0.3 is 0 Å². The van der Waals surface area contributed by atoms with E-state index in [0.717, 1.165) is 22.8 Å². The number of nitrogens with zero attached hydrogens (tertiary/aromatic N) is 4. The molecule has 0 amide bonds. The molecular formula is C15H14N4O2S. The SMILES string of the molecule is COc1ccc(CSc2nnnn2-c2ccc(O)cc2)cc1. The smallest absolute Gasteiger partial charge is 0.214 e. The first-order valence-corrected chi connectivity index (χ1v) is 7.58. The highest BCUT2D eigenvalue weighted by atomic mass is 32.2. The van der Waals surface area contributed by atoms with Gasteiger partial charge in [0.25, 0.3) is 0 Å². The highest BCUT2D eigenvalue weighted by molar-refractivity contribution is 7.98. The Kier molecular flexibility index (Phi) is 4.24. The van der Waals surface area contributed by atoms with Crippen molar-refractivity contribution in [1.82, 2.24) is 20.2 Å². The lowest BCUT2D eigenvalue weighted by Gasteiger charge is -2.05. The highest BCUT2D eigenvalue weighted by Gasteiger charge is 2.09. The maximum atomic E-state index is 9.34. The predicted octanol–water partition coefficient (Wildman–Crippen LogP) is 2.67. The van der Waals surface area contributed by atoms with Crippen molar-refractivity contribution in [3.05, 3.63) is 54.1 Å². The molecule has 0 saturated heterocycles. The summed E-state index contributed by atoms with van der Waals surface area (Å²) in [6, 6.07) is 14.6. The standard InChI is InChI=1S/C15H14N4O2S/c1-21-14-8-2-11(3-9-14)10-22-15-16-17-18-19(15)12-4-6-13(20)7-5-12/h2-9,20H,10H2,1H3. The first-order chi connectivity index (χ1) is 10.8. The van der Waals surface area contributed by atoms with Crippen LogP contribution in [0.1, 0.15) is 5.56 Å². The number of phenolic OH excluding ortho intramolecular Hbond substituents is 1. The number of thioether (sulfide) groups is 1. The molecule has 0 atom stereocenters. The van der Waals surface area contributed by atoms with Crippen molar-refractivity contribution in [2.75, 3.05) is 7.11 Å². The fourth-order valence-corrected chi connectivity index (χ4v) is 2.74. The fourth-order valence-electron chi connectivity index (χ4n) is 1.89. The summed E-state index contributed by atoms with van der Waals surface area (Å²) in [5, 5.41) is 21.8. The fraction of sp³-hybridized carbons (Fsp3) is 0.133. The van der Waals surface area contributed by atoms with E-state index >= 15 is 0 Å². The molecule has 3 rings (SSSR count). The Morgan fingerprint density at radius 2 is 1.82 bits per heavy atom. The molecule has 7 heteroatoms. The molecule has 0 bridgehead atoms. The van der Waals surface area contributed by atoms with Gasteiger partial charge in [0.2, 0.25) is 5.16 Å². The Morgan fingerprint density at radius 1 is 1.09 bits per heavy atom. The minimum absolute atomic E-state index is 0.212. The lowest BCUT2D eigenvalue weighted by atomic mass is 10.2. The number of hydrogen-bond acceptors (Lipinski definition) is 6. The molecule has 112 valence electrons. The van der Waals surface area contributed by atoms with E-state index in [9.17, 15) is 5.11 Å². The van der Waals surface area contributed by atoms with Crippen LogP contribution in [0.3, 0.4) is 0 Å². The van der Waals surface area contributed by atoms with Crippen molar-refractivity contribution in [3.8, 4) is 17.2 Å². The van der Waals surface area contributed by atoms with Gasteiger partial charge in [-0.15, -0.1) is 5.10 Å². The number of aromatic hydroxyl groups is 1. The molecule has 6 nitrogen and oxygen atoms in total. The molecule has 0 radical (unpaired) electrons. The number of tetrazole rings is 1. The molecule has 0 fully saturated rings. The van der Waals surface area contributed by atoms with Crippen molar-refractivity contribution >= 4 is 11.8 Å². The van der Waals surface area contributed by atoms with E-state index < -0.39 is 0 Å². The Morgan fingerprint density at radius 3 is 2.50 bits per heavy atom. The van der Waals surface area contributed by atoms with Crippen molar-refractivity contribution in [3.63, 3.8) is 0 Å². The Bertz CT molecular complexity index is 741. The lowest BCUT2D eigenvalue weighted by molar-refractivity contribution is 0.414. The zero-order chi connectivity index (χ0) is 15.4. The molecule has 0 saturated carbocycles. The van der Waals surface area contributed by atoms with Gasteiger partial charge in [-0.1, -0.05) is 23.9 Å². The minimum atomic E-state index is 0.212. The Labute approximate surface area is 131 Å². The molecule has 0 aliphatic rings. The highest BCUT2D eigenvalue weighted by Crippen LogP contribution is 2.24. The molecule has 2 aromatic carbocycles. The monoisotopic (exact) mass is 314 g/mol. The van der Waals surface area contributed by atoms with Gasteiger partial charge in [-0.05, 0) is 52.4 Å². The van der Waals surface area contributed by atoms with E-state index in [4.69, 9.17) is 4.74 Å². The molecule has 0 spiro atoms. The normalized spacial score (nSPS) is 10.6. The lowest BCUT2D eigenvalue weighted by Crippen LogP contribution is -1.98. The second-order valence-electron chi connectivity index (χ2n) is 4.53. The van der Waals surface area contributed by atoms with Crippen molar-refractivity contribution in [2.24, 2.45) is 0 Å². The van der Waals surface area contributed by atoms with E-state index in [1.54, 1.807) is 47.8 Å². The van der Waals surface area contributed by atoms with E-state index in [-0.39, 0.29) is 5.75 Å². The van der Waals surface area contributed by atoms with Gasteiger partial charge in [-0.3, -0.25) is 0 Å². The van der Waals surface area contributed by atoms with Gasteiger partial charge in [0.15, 0.2) is 0 Å². The molecule has 1 aromatic heterocycles. The zero-order valence-electron chi connectivity index (χ0n) is 11.9. The van der Waals surface area contributed by atoms with Crippen LogP contribution in [0.25, 0.3) is 5.69 Å². The molecular weight excluding hydrogens is 300 g/mol. The van der Waals surface area contributed by atoms with Gasteiger partial charge < -0.3 is 9.84 Å². The average Bonchev–Trinajstić information content (AvgIpc) is 3.02. The number of hydrogen-bond donors (Lipinski definition) is 1. The van der Waals surface area contributed by atoms with Crippen LogP contribution in [0.5, 0.6) is 11.5 Å². The summed E-state index contributed by atoms with van der Waals surface area (Å²) in [5.41, 5.74) is 1.96. The summed E-state index contributed by atoms with van der Waals surface area (Å²) < 4.78 is 6.79.